The van der Waals surface area contributed by atoms with Crippen LogP contribution in [0.2, 0.25) is 0 Å². The lowest BCUT2D eigenvalue weighted by atomic mass is 9.99. The fourth-order valence-corrected chi connectivity index (χ4v) is 3.75. The number of rotatable bonds is 5. The van der Waals surface area contributed by atoms with Crippen molar-refractivity contribution in [2.45, 2.75) is 19.4 Å². The quantitative estimate of drug-likeness (QED) is 0.559. The minimum absolute atomic E-state index is 0.0264. The lowest BCUT2D eigenvalue weighted by Crippen LogP contribution is -2.24. The van der Waals surface area contributed by atoms with Crippen LogP contribution >= 0.6 is 0 Å². The summed E-state index contributed by atoms with van der Waals surface area (Å²) in [6.45, 7) is -5.23. The van der Waals surface area contributed by atoms with Crippen LogP contribution in [0.15, 0.2) is 30.5 Å². The van der Waals surface area contributed by atoms with E-state index in [2.05, 4.69) is 25.9 Å². The van der Waals surface area contributed by atoms with E-state index in [4.69, 9.17) is 8.22 Å². The van der Waals surface area contributed by atoms with E-state index in [-0.39, 0.29) is 35.6 Å². The summed E-state index contributed by atoms with van der Waals surface area (Å²) in [5.41, 5.74) is 2.23. The molecule has 10 nitrogen and oxygen atoms in total. The van der Waals surface area contributed by atoms with Gasteiger partial charge in [0.15, 0.2) is 11.5 Å². The van der Waals surface area contributed by atoms with Gasteiger partial charge in [-0.3, -0.25) is 14.3 Å². The highest BCUT2D eigenvalue weighted by molar-refractivity contribution is 6.01. The normalized spacial score (nSPS) is 18.0. The van der Waals surface area contributed by atoms with Crippen LogP contribution in [0.3, 0.4) is 0 Å². The first kappa shape index (κ1) is 14.2. The van der Waals surface area contributed by atoms with E-state index in [1.807, 2.05) is 5.32 Å². The van der Waals surface area contributed by atoms with Gasteiger partial charge in [-0.05, 0) is 18.9 Å². The van der Waals surface area contributed by atoms with Gasteiger partial charge in [-0.2, -0.15) is 5.10 Å². The minimum Gasteiger partial charge on any atom is -0.368 e. The van der Waals surface area contributed by atoms with Crippen LogP contribution in [0, 0.1) is 5.92 Å². The molecule has 3 N–H and O–H groups in total. The summed E-state index contributed by atoms with van der Waals surface area (Å²) >= 11 is 0. The summed E-state index contributed by atoms with van der Waals surface area (Å²) in [5.74, 6) is -1.32. The maximum atomic E-state index is 12.8. The third kappa shape index (κ3) is 3.53. The Morgan fingerprint density at radius 1 is 1.22 bits per heavy atom. The number of hydrogen-bond acceptors (Lipinski definition) is 7. The highest BCUT2D eigenvalue weighted by atomic mass is 16.2. The molecule has 0 unspecified atom stereocenters. The van der Waals surface area contributed by atoms with Crippen molar-refractivity contribution in [3.05, 3.63) is 41.7 Å². The van der Waals surface area contributed by atoms with Crippen molar-refractivity contribution in [1.82, 2.24) is 25.3 Å². The molecule has 0 saturated heterocycles. The Morgan fingerprint density at radius 3 is 2.88 bits per heavy atom. The first-order chi connectivity index (χ1) is 17.8. The molecule has 1 aliphatic heterocycles. The molecule has 0 spiro atoms. The molecule has 32 heavy (non-hydrogen) atoms. The predicted molar refractivity (Wildman–Crippen MR) is 121 cm³/mol. The maximum absolute atomic E-state index is 12.8. The summed E-state index contributed by atoms with van der Waals surface area (Å²) in [7, 11) is 1.75. The second-order valence-electron chi connectivity index (χ2n) is 7.80. The van der Waals surface area contributed by atoms with Crippen LogP contribution in [0.1, 0.15) is 37.1 Å². The zero-order chi connectivity index (χ0) is 27.4. The van der Waals surface area contributed by atoms with Gasteiger partial charge >= 0.3 is 0 Å². The fourth-order valence-electron chi connectivity index (χ4n) is 3.75. The average molecular weight is 439 g/mol. The highest BCUT2D eigenvalue weighted by Crippen LogP contribution is 2.43. The standard InChI is InChI=1S/C22H24N8O2/c1-23-22(32)19-16(9-17(26-27-19)25-21(31)12-7-8-12)24-15-6-4-5-14-18-13(11-30(3)28-18)10-29(2)20(14)15/h4-6,9,11-12H,7-8,10H2,1-3H3,(H,23,32)(H2,24,25,26,31)/i1D3,2D3. The topological polar surface area (TPSA) is 117 Å². The van der Waals surface area contributed by atoms with Crippen LogP contribution < -0.4 is 20.9 Å². The van der Waals surface area contributed by atoms with E-state index in [9.17, 15) is 9.59 Å². The van der Waals surface area contributed by atoms with E-state index < -0.39 is 19.9 Å². The van der Waals surface area contributed by atoms with Crippen molar-refractivity contribution in [3.8, 4) is 11.3 Å². The van der Waals surface area contributed by atoms with Gasteiger partial charge in [0.25, 0.3) is 5.91 Å². The summed E-state index contributed by atoms with van der Waals surface area (Å²) in [6, 6.07) is 6.43. The Kier molecular flexibility index (Phi) is 3.38. The Labute approximate surface area is 193 Å². The lowest BCUT2D eigenvalue weighted by Gasteiger charge is -2.29. The molecule has 1 aliphatic carbocycles. The van der Waals surface area contributed by atoms with Crippen LogP contribution in [0.4, 0.5) is 22.9 Å². The van der Waals surface area contributed by atoms with Crippen molar-refractivity contribution >= 4 is 34.7 Å². The molecular formula is C22H24N8O2. The van der Waals surface area contributed by atoms with Gasteiger partial charge in [0, 0.05) is 65.1 Å². The smallest absolute Gasteiger partial charge is 0.273 e. The molecule has 164 valence electrons. The monoisotopic (exact) mass is 438 g/mol. The zero-order valence-corrected chi connectivity index (χ0v) is 17.1. The third-order valence-electron chi connectivity index (χ3n) is 5.39. The van der Waals surface area contributed by atoms with Crippen LogP contribution in [-0.4, -0.2) is 45.7 Å². The number of nitrogens with zero attached hydrogens (tertiary/aromatic N) is 5. The molecule has 2 aliphatic rings. The van der Waals surface area contributed by atoms with Gasteiger partial charge in [-0.15, -0.1) is 10.2 Å². The molecule has 0 radical (unpaired) electrons. The van der Waals surface area contributed by atoms with Crippen molar-refractivity contribution in [2.75, 3.05) is 29.5 Å². The molecule has 3 heterocycles. The molecule has 2 aromatic heterocycles. The molecule has 5 rings (SSSR count). The number of amides is 2. The summed E-state index contributed by atoms with van der Waals surface area (Å²) in [4.78, 5) is 26.3. The van der Waals surface area contributed by atoms with E-state index >= 15 is 0 Å². The molecule has 1 fully saturated rings. The first-order valence-electron chi connectivity index (χ1n) is 13.0. The number of carbonyl (C=O) groups is 2. The van der Waals surface area contributed by atoms with Crippen LogP contribution in [-0.2, 0) is 18.4 Å². The third-order valence-corrected chi connectivity index (χ3v) is 5.39. The van der Waals surface area contributed by atoms with Gasteiger partial charge in [0.05, 0.1) is 22.8 Å². The molecule has 1 aromatic carbocycles. The number of benzene rings is 1. The second kappa shape index (κ2) is 7.63. The largest absolute Gasteiger partial charge is 0.368 e. The number of aryl methyl sites for hydroxylation is 1. The fraction of sp³-hybridized carbons (Fsp3) is 0.318. The van der Waals surface area contributed by atoms with E-state index in [1.165, 1.54) is 11.0 Å². The highest BCUT2D eigenvalue weighted by Gasteiger charge is 2.30. The minimum atomic E-state index is -2.78. The van der Waals surface area contributed by atoms with E-state index in [0.717, 1.165) is 18.4 Å². The number of carbonyl (C=O) groups excluding carboxylic acids is 2. The number of para-hydroxylation sites is 1. The molecule has 2 amide bonds. The maximum Gasteiger partial charge on any atom is 0.273 e. The first-order valence-corrected chi connectivity index (χ1v) is 10.0. The summed E-state index contributed by atoms with van der Waals surface area (Å²) in [5, 5.41) is 19.8. The van der Waals surface area contributed by atoms with Crippen LogP contribution in [0.5, 0.6) is 0 Å². The van der Waals surface area contributed by atoms with Gasteiger partial charge in [0.1, 0.15) is 0 Å². The summed E-state index contributed by atoms with van der Waals surface area (Å²) in [6.07, 6.45) is 3.29. The molecule has 0 bridgehead atoms. The van der Waals surface area contributed by atoms with Crippen molar-refractivity contribution < 1.29 is 17.8 Å². The zero-order valence-electron chi connectivity index (χ0n) is 23.1. The lowest BCUT2D eigenvalue weighted by molar-refractivity contribution is -0.117. The Hall–Kier alpha value is -3.95. The van der Waals surface area contributed by atoms with Crippen molar-refractivity contribution in [1.29, 1.82) is 0 Å². The Balaban J connectivity index is 1.60. The number of hydrogen-bond donors (Lipinski definition) is 3. The second-order valence-corrected chi connectivity index (χ2v) is 7.80. The number of anilines is 4. The van der Waals surface area contributed by atoms with E-state index in [0.29, 0.717) is 22.6 Å². The number of aromatic nitrogens is 4. The van der Waals surface area contributed by atoms with Gasteiger partial charge in [-0.1, -0.05) is 12.1 Å². The van der Waals surface area contributed by atoms with Crippen molar-refractivity contribution in [2.24, 2.45) is 13.0 Å². The Bertz CT molecular complexity index is 1430. The molecule has 3 aromatic rings. The molecule has 1 saturated carbocycles. The summed E-state index contributed by atoms with van der Waals surface area (Å²) < 4.78 is 48.2. The van der Waals surface area contributed by atoms with Gasteiger partial charge in [-0.25, -0.2) is 0 Å². The SMILES string of the molecule is [2H]C([2H])([2H])NC(=O)c1nnc(NC(=O)C2CC2)cc1Nc1cccc2c1N(C([2H])([2H])[2H])Cc1cn(C)nc1-2. The van der Waals surface area contributed by atoms with Crippen molar-refractivity contribution in [3.63, 3.8) is 0 Å². The van der Waals surface area contributed by atoms with Gasteiger partial charge in [0.2, 0.25) is 5.91 Å². The molecule has 10 heteroatoms. The average Bonchev–Trinajstić information content (AvgIpc) is 3.58. The van der Waals surface area contributed by atoms with Gasteiger partial charge < -0.3 is 20.9 Å². The predicted octanol–water partition coefficient (Wildman–Crippen LogP) is 2.28. The number of nitrogens with one attached hydrogen (secondary N) is 3. The van der Waals surface area contributed by atoms with Crippen LogP contribution in [0.25, 0.3) is 11.3 Å². The van der Waals surface area contributed by atoms with E-state index in [1.54, 1.807) is 36.1 Å². The molecule has 0 atom stereocenters. The molecular weight excluding hydrogens is 408 g/mol. The number of fused-ring (bicyclic) bond motifs is 3. The Morgan fingerprint density at radius 2 is 2.09 bits per heavy atom.